The van der Waals surface area contributed by atoms with Gasteiger partial charge in [0.05, 0.1) is 6.04 Å². The molecule has 0 saturated carbocycles. The molecule has 1 rings (SSSR count). The number of rotatable bonds is 25. The van der Waals surface area contributed by atoms with Crippen LogP contribution in [-0.4, -0.2) is 119 Å². The maximum absolute atomic E-state index is 13.9. The average molecular weight is 826 g/mol. The predicted octanol–water partition coefficient (Wildman–Crippen LogP) is -3.60. The molecule has 0 radical (unpaired) electrons. The van der Waals surface area contributed by atoms with Crippen LogP contribution in [0.1, 0.15) is 52.0 Å². The van der Waals surface area contributed by atoms with Crippen LogP contribution < -0.4 is 54.8 Å². The summed E-state index contributed by atoms with van der Waals surface area (Å²) in [6.45, 7) is 4.64. The summed E-state index contributed by atoms with van der Waals surface area (Å²) < 4.78 is 0. The second kappa shape index (κ2) is 25.1. The number of nitrogens with zero attached hydrogens (tertiary/aromatic N) is 1. The van der Waals surface area contributed by atoms with Crippen molar-refractivity contribution in [2.75, 3.05) is 18.1 Å². The number of primary amides is 1. The number of carboxylic acid groups (broad SMARTS) is 1. The third-order valence-electron chi connectivity index (χ3n) is 8.14. The molecule has 0 heterocycles. The summed E-state index contributed by atoms with van der Waals surface area (Å²) in [5.41, 5.74) is 22.6. The van der Waals surface area contributed by atoms with Crippen LogP contribution in [0.2, 0.25) is 0 Å². The zero-order valence-corrected chi connectivity index (χ0v) is 33.3. The Hall–Kier alpha value is -5.09. The molecule has 312 valence electrons. The van der Waals surface area contributed by atoms with Crippen LogP contribution in [0.15, 0.2) is 35.3 Å². The average Bonchev–Trinajstić information content (AvgIpc) is 3.14. The fraction of sp³-hybridized carbons (Fsp3) is 0.559. The van der Waals surface area contributed by atoms with Gasteiger partial charge in [0, 0.05) is 30.9 Å². The lowest BCUT2D eigenvalue weighted by molar-refractivity contribution is -0.142. The molecule has 56 heavy (non-hydrogen) atoms. The van der Waals surface area contributed by atoms with Crippen LogP contribution in [0.3, 0.4) is 0 Å². The summed E-state index contributed by atoms with van der Waals surface area (Å²) >= 11 is 7.93. The number of thiol groups is 2. The van der Waals surface area contributed by atoms with Crippen molar-refractivity contribution in [2.45, 2.75) is 95.2 Å². The fourth-order valence-electron chi connectivity index (χ4n) is 4.93. The van der Waals surface area contributed by atoms with Crippen LogP contribution in [0.5, 0.6) is 0 Å². The minimum Gasteiger partial charge on any atom is -0.480 e. The van der Waals surface area contributed by atoms with E-state index in [0.717, 1.165) is 0 Å². The van der Waals surface area contributed by atoms with Gasteiger partial charge >= 0.3 is 5.97 Å². The van der Waals surface area contributed by atoms with Crippen molar-refractivity contribution in [3.05, 3.63) is 35.9 Å². The first-order valence-corrected chi connectivity index (χ1v) is 19.0. The molecule has 1 aromatic carbocycles. The highest BCUT2D eigenvalue weighted by molar-refractivity contribution is 7.80. The highest BCUT2D eigenvalue weighted by atomic mass is 32.1. The van der Waals surface area contributed by atoms with E-state index in [-0.39, 0.29) is 56.1 Å². The van der Waals surface area contributed by atoms with Crippen molar-refractivity contribution in [1.29, 1.82) is 0 Å². The Morgan fingerprint density at radius 3 is 1.73 bits per heavy atom. The molecular weight excluding hydrogens is 771 g/mol. The van der Waals surface area contributed by atoms with Crippen molar-refractivity contribution in [3.8, 4) is 0 Å². The summed E-state index contributed by atoms with van der Waals surface area (Å²) in [5, 5.41) is 24.4. The summed E-state index contributed by atoms with van der Waals surface area (Å²) in [7, 11) is 0. The lowest BCUT2D eigenvalue weighted by Gasteiger charge is -2.28. The van der Waals surface area contributed by atoms with Gasteiger partial charge in [-0.05, 0) is 37.7 Å². The Balaban J connectivity index is 3.43. The third-order valence-corrected chi connectivity index (χ3v) is 8.89. The van der Waals surface area contributed by atoms with Gasteiger partial charge in [-0.3, -0.25) is 38.6 Å². The predicted molar refractivity (Wildman–Crippen MR) is 214 cm³/mol. The van der Waals surface area contributed by atoms with Crippen molar-refractivity contribution >= 4 is 78.5 Å². The number of hydrogen-bond acceptors (Lipinski definition) is 12. The van der Waals surface area contributed by atoms with Crippen molar-refractivity contribution < 1.29 is 43.5 Å². The van der Waals surface area contributed by atoms with Crippen LogP contribution >= 0.6 is 25.3 Å². The van der Waals surface area contributed by atoms with Gasteiger partial charge in [-0.25, -0.2) is 4.79 Å². The first-order valence-electron chi connectivity index (χ1n) is 17.7. The highest BCUT2D eigenvalue weighted by Gasteiger charge is 2.34. The van der Waals surface area contributed by atoms with Gasteiger partial charge in [0.15, 0.2) is 5.96 Å². The molecule has 7 amide bonds. The monoisotopic (exact) mass is 825 g/mol. The molecule has 0 aromatic heterocycles. The molecule has 0 unspecified atom stereocenters. The molecule has 0 spiro atoms. The molecule has 0 aliphatic rings. The van der Waals surface area contributed by atoms with Gasteiger partial charge in [0.2, 0.25) is 41.4 Å². The molecule has 0 saturated heterocycles. The summed E-state index contributed by atoms with van der Waals surface area (Å²) in [6.07, 6.45) is -0.622. The molecule has 0 aliphatic carbocycles. The molecular formula is C34H55N11O9S2. The maximum Gasteiger partial charge on any atom is 0.327 e. The summed E-state index contributed by atoms with van der Waals surface area (Å²) in [6, 6.07) is -0.188. The maximum atomic E-state index is 13.9. The van der Waals surface area contributed by atoms with E-state index in [9.17, 15) is 43.5 Å². The van der Waals surface area contributed by atoms with Gasteiger partial charge in [-0.15, -0.1) is 0 Å². The lowest BCUT2D eigenvalue weighted by atomic mass is 10.0. The van der Waals surface area contributed by atoms with Gasteiger partial charge in [0.25, 0.3) is 0 Å². The molecule has 0 aliphatic heterocycles. The number of carbonyl (C=O) groups is 8. The Morgan fingerprint density at radius 1 is 0.679 bits per heavy atom. The van der Waals surface area contributed by atoms with Crippen LogP contribution in [0.25, 0.3) is 0 Å². The van der Waals surface area contributed by atoms with E-state index in [1.165, 1.54) is 6.92 Å². The quantitative estimate of drug-likeness (QED) is 0.0197. The Labute approximate surface area is 336 Å². The number of aliphatic imine (C=N–C) groups is 1. The largest absolute Gasteiger partial charge is 0.480 e. The number of carboxylic acids is 1. The normalized spacial score (nSPS) is 14.6. The number of carbonyl (C=O) groups excluding carboxylic acids is 7. The fourth-order valence-corrected chi connectivity index (χ4v) is 5.35. The number of aliphatic carboxylic acids is 1. The van der Waals surface area contributed by atoms with E-state index >= 15 is 0 Å². The number of nitrogens with two attached hydrogens (primary N) is 4. The Bertz CT molecular complexity index is 1550. The topological polar surface area (TPSA) is 345 Å². The zero-order chi connectivity index (χ0) is 42.5. The number of benzene rings is 1. The summed E-state index contributed by atoms with van der Waals surface area (Å²) in [4.78, 5) is 107. The summed E-state index contributed by atoms with van der Waals surface area (Å²) in [5.74, 6) is -7.92. The van der Waals surface area contributed by atoms with Gasteiger partial charge in [-0.1, -0.05) is 44.2 Å². The number of hydrogen-bond donors (Lipinski definition) is 13. The number of guanidine groups is 1. The zero-order valence-electron chi connectivity index (χ0n) is 31.5. The highest BCUT2D eigenvalue weighted by Crippen LogP contribution is 2.09. The van der Waals surface area contributed by atoms with E-state index in [4.69, 9.17) is 22.9 Å². The van der Waals surface area contributed by atoms with E-state index in [0.29, 0.717) is 5.56 Å². The third kappa shape index (κ3) is 18.0. The van der Waals surface area contributed by atoms with E-state index < -0.39 is 95.5 Å². The first kappa shape index (κ1) is 48.9. The molecule has 7 atom stereocenters. The second-order valence-corrected chi connectivity index (χ2v) is 13.9. The van der Waals surface area contributed by atoms with Crippen molar-refractivity contribution in [3.63, 3.8) is 0 Å². The minimum absolute atomic E-state index is 0.0220. The van der Waals surface area contributed by atoms with E-state index in [1.807, 2.05) is 0 Å². The SMILES string of the molecule is CC(C)[C@H](NC(=O)[C@H](CCC(N)=O)NC(=O)[C@H](CCCN=C(N)N)NC(=O)[C@H](Cc1ccccc1)NC(=O)[C@H](C)NC(=O)[C@@H](N)CS)C(=O)N[C@@H](CS)C(=O)O. The second-order valence-electron chi connectivity index (χ2n) is 13.2. The van der Waals surface area contributed by atoms with Crippen molar-refractivity contribution in [1.82, 2.24) is 31.9 Å². The molecule has 22 heteroatoms. The number of nitrogens with one attached hydrogen (secondary N) is 6. The standard InChI is InChI=1S/C34H55N11O9S2/c1-17(2)26(32(52)44-24(16-56)33(53)54)45-30(50)22(11-12-25(36)46)42-29(49)21(10-7-13-39-34(37)38)41-31(51)23(14-19-8-5-4-6-9-19)43-27(47)18(3)40-28(48)20(35)15-55/h4-6,8-9,17-18,20-24,26,55-56H,7,10-16,35H2,1-3H3,(H2,36,46)(H,40,48)(H,41,51)(H,42,49)(H,43,47)(H,44,52)(H,45,50)(H,53,54)(H4,37,38,39)/t18-,20-,21-,22-,23-,24-,26-/m0/s1. The van der Waals surface area contributed by atoms with Crippen LogP contribution in [0, 0.1) is 5.92 Å². The van der Waals surface area contributed by atoms with Gasteiger partial charge in [0.1, 0.15) is 36.3 Å². The van der Waals surface area contributed by atoms with E-state index in [1.54, 1.807) is 44.2 Å². The van der Waals surface area contributed by atoms with Crippen molar-refractivity contribution in [2.24, 2.45) is 33.8 Å². The van der Waals surface area contributed by atoms with Gasteiger partial charge < -0.3 is 59.9 Å². The molecule has 15 N–H and O–H groups in total. The smallest absolute Gasteiger partial charge is 0.327 e. The number of amides is 7. The van der Waals surface area contributed by atoms with E-state index in [2.05, 4.69) is 62.2 Å². The van der Waals surface area contributed by atoms with Crippen LogP contribution in [0.4, 0.5) is 0 Å². The molecule has 0 bridgehead atoms. The lowest BCUT2D eigenvalue weighted by Crippen LogP contribution is -2.60. The Morgan fingerprint density at radius 2 is 1.21 bits per heavy atom. The molecule has 20 nitrogen and oxygen atoms in total. The first-order chi connectivity index (χ1) is 26.3. The minimum atomic E-state index is -1.46. The molecule has 0 fully saturated rings. The molecule has 1 aromatic rings. The Kier molecular flexibility index (Phi) is 22.0. The van der Waals surface area contributed by atoms with Gasteiger partial charge in [-0.2, -0.15) is 25.3 Å². The van der Waals surface area contributed by atoms with Crippen LogP contribution in [-0.2, 0) is 44.8 Å².